The lowest BCUT2D eigenvalue weighted by molar-refractivity contribution is 0.347. The van der Waals surface area contributed by atoms with Crippen LogP contribution >= 0.6 is 0 Å². The molecule has 5 heteroatoms. The van der Waals surface area contributed by atoms with Crippen molar-refractivity contribution < 1.29 is 4.74 Å². The summed E-state index contributed by atoms with van der Waals surface area (Å²) in [6, 6.07) is 0. The molecule has 0 aliphatic rings. The Morgan fingerprint density at radius 2 is 2.06 bits per heavy atom. The zero-order chi connectivity index (χ0) is 13.9. The number of hydrogen-bond donors (Lipinski definition) is 0. The molecule has 0 saturated carbocycles. The van der Waals surface area contributed by atoms with Crippen LogP contribution in [0.2, 0.25) is 0 Å². The summed E-state index contributed by atoms with van der Waals surface area (Å²) in [7, 11) is 2.98. The van der Waals surface area contributed by atoms with Gasteiger partial charge in [0.1, 0.15) is 6.61 Å². The molecule has 1 aromatic heterocycles. The van der Waals surface area contributed by atoms with Crippen LogP contribution in [-0.4, -0.2) is 15.7 Å². The minimum Gasteiger partial charge on any atom is -0.473 e. The summed E-state index contributed by atoms with van der Waals surface area (Å²) < 4.78 is 7.65. The summed E-state index contributed by atoms with van der Waals surface area (Å²) in [5.41, 5.74) is -0.415. The summed E-state index contributed by atoms with van der Waals surface area (Å²) in [6.07, 6.45) is 6.75. The molecule has 0 aliphatic carbocycles. The number of allylic oxidation sites excluding steroid dienone is 1. The van der Waals surface area contributed by atoms with Gasteiger partial charge in [-0.05, 0) is 0 Å². The Kier molecular flexibility index (Phi) is 4.16. The van der Waals surface area contributed by atoms with E-state index in [-0.39, 0.29) is 18.3 Å². The molecule has 0 aliphatic heterocycles. The second-order valence-corrected chi connectivity index (χ2v) is 3.94. The molecule has 5 nitrogen and oxygen atoms in total. The third-order valence-corrected chi connectivity index (χ3v) is 2.75. The Morgan fingerprint density at radius 3 is 2.56 bits per heavy atom. The van der Waals surface area contributed by atoms with E-state index in [2.05, 4.69) is 12.5 Å². The van der Waals surface area contributed by atoms with Gasteiger partial charge >= 0.3 is 5.69 Å². The van der Waals surface area contributed by atoms with E-state index in [1.165, 1.54) is 11.6 Å². The number of ether oxygens (including phenoxy) is 1. The monoisotopic (exact) mass is 248 g/mol. The van der Waals surface area contributed by atoms with Crippen LogP contribution in [0.1, 0.15) is 18.5 Å². The molecule has 0 fully saturated rings. The van der Waals surface area contributed by atoms with Crippen LogP contribution in [0, 0.1) is 12.3 Å². The van der Waals surface area contributed by atoms with Gasteiger partial charge in [0.15, 0.2) is 0 Å². The van der Waals surface area contributed by atoms with Crippen molar-refractivity contribution in [3.05, 3.63) is 39.2 Å². The van der Waals surface area contributed by atoms with E-state index in [0.717, 1.165) is 4.57 Å². The van der Waals surface area contributed by atoms with Crippen LogP contribution in [0.5, 0.6) is 5.75 Å². The maximum absolute atomic E-state index is 12.0. The minimum atomic E-state index is -0.489. The number of hydrogen-bond acceptors (Lipinski definition) is 3. The third kappa shape index (κ3) is 2.23. The molecule has 1 unspecified atom stereocenters. The van der Waals surface area contributed by atoms with Crippen molar-refractivity contribution in [3.63, 3.8) is 0 Å². The van der Waals surface area contributed by atoms with Crippen LogP contribution in [0.3, 0.4) is 0 Å². The molecule has 1 aromatic rings. The maximum atomic E-state index is 12.0. The van der Waals surface area contributed by atoms with E-state index in [4.69, 9.17) is 11.2 Å². The number of nitrogens with zero attached hydrogens (tertiary/aromatic N) is 2. The van der Waals surface area contributed by atoms with E-state index in [9.17, 15) is 9.59 Å². The third-order valence-electron chi connectivity index (χ3n) is 2.75. The van der Waals surface area contributed by atoms with Crippen molar-refractivity contribution in [2.45, 2.75) is 12.8 Å². The summed E-state index contributed by atoms with van der Waals surface area (Å²) in [4.78, 5) is 23.9. The van der Waals surface area contributed by atoms with E-state index in [0.29, 0.717) is 5.69 Å². The minimum absolute atomic E-state index is 0.0235. The highest BCUT2D eigenvalue weighted by molar-refractivity contribution is 5.31. The molecule has 1 heterocycles. The standard InChI is InChI=1S/C13H16N2O3/c1-6-8-18-11-10(9(3)7-2)14(4)13(17)15(5)12(11)16/h1,7,9H,2,8H2,3-5H3. The Labute approximate surface area is 105 Å². The van der Waals surface area contributed by atoms with Crippen LogP contribution in [0.4, 0.5) is 0 Å². The first kappa shape index (κ1) is 13.8. The first-order valence-corrected chi connectivity index (χ1v) is 5.44. The van der Waals surface area contributed by atoms with Gasteiger partial charge in [0, 0.05) is 20.0 Å². The van der Waals surface area contributed by atoms with Crippen LogP contribution < -0.4 is 16.0 Å². The Bertz CT molecular complexity index is 617. The highest BCUT2D eigenvalue weighted by atomic mass is 16.5. The lowest BCUT2D eigenvalue weighted by Gasteiger charge is -2.17. The average Bonchev–Trinajstić information content (AvgIpc) is 2.38. The summed E-state index contributed by atoms with van der Waals surface area (Å²) in [5.74, 6) is 2.21. The van der Waals surface area contributed by atoms with Gasteiger partial charge < -0.3 is 4.74 Å². The van der Waals surface area contributed by atoms with Gasteiger partial charge in [-0.3, -0.25) is 13.9 Å². The number of rotatable bonds is 4. The normalized spacial score (nSPS) is 11.7. The van der Waals surface area contributed by atoms with Crippen LogP contribution in [-0.2, 0) is 14.1 Å². The fraction of sp³-hybridized carbons (Fsp3) is 0.385. The molecule has 1 atom stereocenters. The van der Waals surface area contributed by atoms with Gasteiger partial charge in [0.05, 0.1) is 5.69 Å². The SMILES string of the molecule is C#CCOc1c(C(C)C=C)n(C)c(=O)n(C)c1=O. The Hall–Kier alpha value is -2.22. The highest BCUT2D eigenvalue weighted by Crippen LogP contribution is 2.22. The topological polar surface area (TPSA) is 53.2 Å². The fourth-order valence-corrected chi connectivity index (χ4v) is 1.70. The van der Waals surface area contributed by atoms with Gasteiger partial charge in [-0.25, -0.2) is 4.79 Å². The van der Waals surface area contributed by atoms with Crippen LogP contribution in [0.15, 0.2) is 22.2 Å². The quantitative estimate of drug-likeness (QED) is 0.572. The smallest absolute Gasteiger partial charge is 0.330 e. The van der Waals surface area contributed by atoms with E-state index in [1.807, 2.05) is 6.92 Å². The first-order chi connectivity index (χ1) is 8.45. The molecule has 0 aromatic carbocycles. The highest BCUT2D eigenvalue weighted by Gasteiger charge is 2.19. The second kappa shape index (κ2) is 5.41. The van der Waals surface area contributed by atoms with E-state index in [1.54, 1.807) is 13.1 Å². The predicted octanol–water partition coefficient (Wildman–Crippen LogP) is 0.386. The molecule has 0 N–H and O–H groups in total. The van der Waals surface area contributed by atoms with Gasteiger partial charge in [-0.15, -0.1) is 13.0 Å². The molecule has 18 heavy (non-hydrogen) atoms. The van der Waals surface area contributed by atoms with Gasteiger partial charge in [0.2, 0.25) is 5.75 Å². The molecule has 0 spiro atoms. The summed E-state index contributed by atoms with van der Waals surface area (Å²) >= 11 is 0. The molecular weight excluding hydrogens is 232 g/mol. The number of aromatic nitrogens is 2. The summed E-state index contributed by atoms with van der Waals surface area (Å²) in [5, 5.41) is 0. The van der Waals surface area contributed by atoms with E-state index < -0.39 is 11.2 Å². The Balaban J connectivity index is 3.65. The number of terminal acetylenes is 1. The molecular formula is C13H16N2O3. The average molecular weight is 248 g/mol. The predicted molar refractivity (Wildman–Crippen MR) is 69.9 cm³/mol. The van der Waals surface area contributed by atoms with Crippen LogP contribution in [0.25, 0.3) is 0 Å². The lowest BCUT2D eigenvalue weighted by Crippen LogP contribution is -2.39. The maximum Gasteiger partial charge on any atom is 0.330 e. The van der Waals surface area contributed by atoms with E-state index >= 15 is 0 Å². The zero-order valence-corrected chi connectivity index (χ0v) is 10.8. The Morgan fingerprint density at radius 1 is 1.44 bits per heavy atom. The van der Waals surface area contributed by atoms with Crippen molar-refractivity contribution >= 4 is 0 Å². The molecule has 0 bridgehead atoms. The van der Waals surface area contributed by atoms with Crippen molar-refractivity contribution in [1.29, 1.82) is 0 Å². The molecule has 96 valence electrons. The zero-order valence-electron chi connectivity index (χ0n) is 10.8. The van der Waals surface area contributed by atoms with Crippen molar-refractivity contribution in [2.24, 2.45) is 14.1 Å². The first-order valence-electron chi connectivity index (χ1n) is 5.44. The molecule has 0 saturated heterocycles. The van der Waals surface area contributed by atoms with Gasteiger partial charge in [-0.2, -0.15) is 0 Å². The molecule has 1 rings (SSSR count). The van der Waals surface area contributed by atoms with Crippen molar-refractivity contribution in [2.75, 3.05) is 6.61 Å². The van der Waals surface area contributed by atoms with Gasteiger partial charge in [0.25, 0.3) is 5.56 Å². The largest absolute Gasteiger partial charge is 0.473 e. The van der Waals surface area contributed by atoms with Gasteiger partial charge in [-0.1, -0.05) is 18.9 Å². The molecule has 0 radical (unpaired) electrons. The summed E-state index contributed by atoms with van der Waals surface area (Å²) in [6.45, 7) is 5.46. The van der Waals surface area contributed by atoms with Crippen molar-refractivity contribution in [1.82, 2.24) is 9.13 Å². The fourth-order valence-electron chi connectivity index (χ4n) is 1.70. The molecule has 0 amide bonds. The second-order valence-electron chi connectivity index (χ2n) is 3.94. The lowest BCUT2D eigenvalue weighted by atomic mass is 10.1. The van der Waals surface area contributed by atoms with Crippen molar-refractivity contribution in [3.8, 4) is 18.1 Å².